The monoisotopic (exact) mass is 344 g/mol. The molecule has 0 unspecified atom stereocenters. The molecular formula is C14H20N2O6S. The summed E-state index contributed by atoms with van der Waals surface area (Å²) in [7, 11) is -3.77. The normalized spacial score (nSPS) is 10.9. The Bertz CT molecular complexity index is 672. The van der Waals surface area contributed by atoms with Crippen molar-refractivity contribution in [2.24, 2.45) is 5.14 Å². The molecule has 0 aromatic heterocycles. The quantitative estimate of drug-likeness (QED) is 0.406. The molecular weight excluding hydrogens is 324 g/mol. The van der Waals surface area contributed by atoms with Gasteiger partial charge in [-0.15, -0.1) is 0 Å². The minimum absolute atomic E-state index is 0.0114. The van der Waals surface area contributed by atoms with Crippen LogP contribution in [0.1, 0.15) is 19.4 Å². The summed E-state index contributed by atoms with van der Waals surface area (Å²) in [6.07, 6.45) is 0.549. The van der Waals surface area contributed by atoms with E-state index in [-0.39, 0.29) is 24.7 Å². The minimum atomic E-state index is -3.77. The molecule has 0 saturated carbocycles. The fourth-order valence-corrected chi connectivity index (χ4v) is 2.31. The van der Waals surface area contributed by atoms with E-state index in [0.717, 1.165) is 0 Å². The molecule has 23 heavy (non-hydrogen) atoms. The Labute approximate surface area is 135 Å². The zero-order chi connectivity index (χ0) is 17.5. The van der Waals surface area contributed by atoms with E-state index in [1.54, 1.807) is 6.92 Å². The smallest absolute Gasteiger partial charge is 0.396 e. The maximum absolute atomic E-state index is 11.3. The van der Waals surface area contributed by atoms with Gasteiger partial charge >= 0.3 is 11.9 Å². The lowest BCUT2D eigenvalue weighted by atomic mass is 10.1. The van der Waals surface area contributed by atoms with Gasteiger partial charge in [-0.1, -0.05) is 6.92 Å². The number of hydrogen-bond donors (Lipinski definition) is 2. The second kappa shape index (κ2) is 8.49. The number of nitrogens with one attached hydrogen (secondary N) is 1. The lowest BCUT2D eigenvalue weighted by Gasteiger charge is -2.12. The summed E-state index contributed by atoms with van der Waals surface area (Å²) in [6, 6.07) is 4.30. The van der Waals surface area contributed by atoms with Crippen molar-refractivity contribution < 1.29 is 27.5 Å². The maximum atomic E-state index is 11.3. The van der Waals surface area contributed by atoms with E-state index >= 15 is 0 Å². The summed E-state index contributed by atoms with van der Waals surface area (Å²) in [5.41, 5.74) is 0.674. The van der Waals surface area contributed by atoms with E-state index in [9.17, 15) is 18.0 Å². The summed E-state index contributed by atoms with van der Waals surface area (Å²) in [5.74, 6) is -1.29. The topological polar surface area (TPSA) is 125 Å². The maximum Gasteiger partial charge on any atom is 0.396 e. The first kappa shape index (κ1) is 18.9. The molecule has 0 heterocycles. The van der Waals surface area contributed by atoms with Gasteiger partial charge in [0.05, 0.1) is 18.0 Å². The molecule has 9 heteroatoms. The van der Waals surface area contributed by atoms with Crippen LogP contribution in [0.2, 0.25) is 0 Å². The summed E-state index contributed by atoms with van der Waals surface area (Å²) in [4.78, 5) is 22.4. The zero-order valence-electron chi connectivity index (χ0n) is 13.0. The van der Waals surface area contributed by atoms with Gasteiger partial charge in [0.1, 0.15) is 12.4 Å². The number of nitrogens with two attached hydrogens (primary N) is 1. The van der Waals surface area contributed by atoms with Crippen LogP contribution in [-0.2, 0) is 30.8 Å². The summed E-state index contributed by atoms with van der Waals surface area (Å²) in [6.45, 7) is 3.80. The second-order valence-corrected chi connectivity index (χ2v) is 6.05. The number of aryl methyl sites for hydroxylation is 1. The van der Waals surface area contributed by atoms with E-state index in [2.05, 4.69) is 10.1 Å². The standard InChI is InChI=1S/C14H20N2O6S/c1-3-10-9-11(23(15,19)20)5-6-12(10)22-8-7-16-13(17)14(18)21-4-2/h5-6,9H,3-4,7-8H2,1-2H3,(H,16,17)(H2,15,19,20). The van der Waals surface area contributed by atoms with Crippen LogP contribution in [0.25, 0.3) is 0 Å². The van der Waals surface area contributed by atoms with Crippen molar-refractivity contribution in [1.82, 2.24) is 5.32 Å². The van der Waals surface area contributed by atoms with Crippen molar-refractivity contribution >= 4 is 21.9 Å². The number of carbonyl (C=O) groups is 2. The van der Waals surface area contributed by atoms with Crippen molar-refractivity contribution in [3.8, 4) is 5.75 Å². The van der Waals surface area contributed by atoms with Crippen molar-refractivity contribution in [2.75, 3.05) is 19.8 Å². The third kappa shape index (κ3) is 5.87. The average Bonchev–Trinajstić information content (AvgIpc) is 2.50. The highest BCUT2D eigenvalue weighted by Gasteiger charge is 2.14. The first-order valence-corrected chi connectivity index (χ1v) is 8.57. The Morgan fingerprint density at radius 1 is 1.26 bits per heavy atom. The molecule has 0 aliphatic heterocycles. The second-order valence-electron chi connectivity index (χ2n) is 4.49. The van der Waals surface area contributed by atoms with Gasteiger partial charge in [0, 0.05) is 0 Å². The van der Waals surface area contributed by atoms with E-state index in [0.29, 0.717) is 17.7 Å². The molecule has 1 amide bonds. The summed E-state index contributed by atoms with van der Waals surface area (Å²) < 4.78 is 32.6. The Balaban J connectivity index is 2.58. The first-order chi connectivity index (χ1) is 10.8. The fraction of sp³-hybridized carbons (Fsp3) is 0.429. The largest absolute Gasteiger partial charge is 0.491 e. The van der Waals surface area contributed by atoms with Gasteiger partial charge in [-0.3, -0.25) is 4.79 Å². The molecule has 1 aromatic rings. The SMILES string of the molecule is CCOC(=O)C(=O)NCCOc1ccc(S(N)(=O)=O)cc1CC. The van der Waals surface area contributed by atoms with Gasteiger partial charge in [0.25, 0.3) is 0 Å². The summed E-state index contributed by atoms with van der Waals surface area (Å²) >= 11 is 0. The molecule has 8 nitrogen and oxygen atoms in total. The molecule has 0 aliphatic rings. The molecule has 128 valence electrons. The van der Waals surface area contributed by atoms with Crippen LogP contribution >= 0.6 is 0 Å². The van der Waals surface area contributed by atoms with Crippen LogP contribution in [0, 0.1) is 0 Å². The van der Waals surface area contributed by atoms with E-state index in [1.807, 2.05) is 6.92 Å². The molecule has 0 aliphatic carbocycles. The van der Waals surface area contributed by atoms with Crippen LogP contribution in [0.5, 0.6) is 5.75 Å². The van der Waals surface area contributed by atoms with E-state index in [1.165, 1.54) is 18.2 Å². The highest BCUT2D eigenvalue weighted by molar-refractivity contribution is 7.89. The predicted molar refractivity (Wildman–Crippen MR) is 82.3 cm³/mol. The Hall–Kier alpha value is -2.13. The summed E-state index contributed by atoms with van der Waals surface area (Å²) in [5, 5.41) is 7.43. The number of primary sulfonamides is 1. The molecule has 0 radical (unpaired) electrons. The predicted octanol–water partition coefficient (Wildman–Crippen LogP) is -0.0455. The Morgan fingerprint density at radius 3 is 2.52 bits per heavy atom. The third-order valence-corrected chi connectivity index (χ3v) is 3.76. The lowest BCUT2D eigenvalue weighted by Crippen LogP contribution is -2.35. The molecule has 0 spiro atoms. The molecule has 1 rings (SSSR count). The number of ether oxygens (including phenoxy) is 2. The average molecular weight is 344 g/mol. The molecule has 3 N–H and O–H groups in total. The minimum Gasteiger partial charge on any atom is -0.491 e. The van der Waals surface area contributed by atoms with Crippen molar-refractivity contribution in [3.63, 3.8) is 0 Å². The van der Waals surface area contributed by atoms with Crippen molar-refractivity contribution in [2.45, 2.75) is 25.2 Å². The van der Waals surface area contributed by atoms with Crippen LogP contribution in [0.3, 0.4) is 0 Å². The van der Waals surface area contributed by atoms with Gasteiger partial charge in [-0.05, 0) is 37.1 Å². The van der Waals surface area contributed by atoms with Crippen LogP contribution in [-0.4, -0.2) is 40.1 Å². The van der Waals surface area contributed by atoms with Crippen LogP contribution in [0.15, 0.2) is 23.1 Å². The van der Waals surface area contributed by atoms with Gasteiger partial charge in [-0.2, -0.15) is 0 Å². The van der Waals surface area contributed by atoms with Gasteiger partial charge in [0.15, 0.2) is 0 Å². The van der Waals surface area contributed by atoms with Crippen molar-refractivity contribution in [3.05, 3.63) is 23.8 Å². The molecule has 0 fully saturated rings. The zero-order valence-corrected chi connectivity index (χ0v) is 13.8. The fourth-order valence-electron chi connectivity index (χ4n) is 1.74. The molecule has 1 aromatic carbocycles. The van der Waals surface area contributed by atoms with E-state index in [4.69, 9.17) is 9.88 Å². The van der Waals surface area contributed by atoms with E-state index < -0.39 is 21.9 Å². The van der Waals surface area contributed by atoms with Crippen LogP contribution in [0.4, 0.5) is 0 Å². The molecule has 0 bridgehead atoms. The van der Waals surface area contributed by atoms with Gasteiger partial charge < -0.3 is 14.8 Å². The lowest BCUT2D eigenvalue weighted by molar-refractivity contribution is -0.154. The highest BCUT2D eigenvalue weighted by Crippen LogP contribution is 2.22. The van der Waals surface area contributed by atoms with Crippen molar-refractivity contribution in [1.29, 1.82) is 0 Å². The number of amides is 1. The first-order valence-electron chi connectivity index (χ1n) is 7.03. The number of carbonyl (C=O) groups excluding carboxylic acids is 2. The number of benzene rings is 1. The number of rotatable bonds is 7. The Morgan fingerprint density at radius 2 is 1.96 bits per heavy atom. The number of esters is 1. The third-order valence-electron chi connectivity index (χ3n) is 2.85. The van der Waals surface area contributed by atoms with Gasteiger partial charge in [-0.25, -0.2) is 18.4 Å². The molecule has 0 saturated heterocycles. The van der Waals surface area contributed by atoms with Gasteiger partial charge in [0.2, 0.25) is 10.0 Å². The molecule has 0 atom stereocenters. The highest BCUT2D eigenvalue weighted by atomic mass is 32.2. The van der Waals surface area contributed by atoms with Crippen LogP contribution < -0.4 is 15.2 Å². The number of sulfonamides is 1. The Kier molecular flexibility index (Phi) is 6.98. The number of hydrogen-bond acceptors (Lipinski definition) is 6.